The van der Waals surface area contributed by atoms with Crippen molar-refractivity contribution in [3.63, 3.8) is 0 Å². The van der Waals surface area contributed by atoms with E-state index in [1.165, 1.54) is 0 Å². The maximum absolute atomic E-state index is 5.63. The minimum absolute atomic E-state index is 0.498. The number of methoxy groups -OCH3 is 1. The van der Waals surface area contributed by atoms with Crippen molar-refractivity contribution in [2.24, 2.45) is 0 Å². The molecule has 0 aliphatic rings. The first-order valence-corrected chi connectivity index (χ1v) is 4.48. The van der Waals surface area contributed by atoms with Crippen molar-refractivity contribution in [1.29, 1.82) is 0 Å². The molecule has 2 rings (SSSR count). The first kappa shape index (κ1) is 8.37. The lowest BCUT2D eigenvalue weighted by Gasteiger charge is -2.02. The average molecular weight is 242 g/mol. The topological polar surface area (TPSA) is 63.9 Å². The van der Waals surface area contributed by atoms with Gasteiger partial charge in [-0.05, 0) is 22.0 Å². The number of fused-ring (bicyclic) bond motifs is 1. The number of halogens is 1. The third-order valence-electron chi connectivity index (χ3n) is 1.86. The number of rotatable bonds is 1. The maximum atomic E-state index is 5.63. The van der Waals surface area contributed by atoms with Crippen LogP contribution < -0.4 is 10.5 Å². The van der Waals surface area contributed by atoms with Crippen LogP contribution in [0.4, 0.5) is 5.82 Å². The minimum Gasteiger partial charge on any atom is -0.495 e. The normalized spacial score (nSPS) is 10.6. The predicted octanol–water partition coefficient (Wildman–Crippen LogP) is 1.92. The highest BCUT2D eigenvalue weighted by Crippen LogP contribution is 2.31. The van der Waals surface area contributed by atoms with Gasteiger partial charge in [0.25, 0.3) is 0 Å². The van der Waals surface area contributed by atoms with Gasteiger partial charge in [-0.3, -0.25) is 5.10 Å². The molecule has 0 aliphatic heterocycles. The largest absolute Gasteiger partial charge is 0.495 e. The van der Waals surface area contributed by atoms with Gasteiger partial charge in [-0.15, -0.1) is 0 Å². The van der Waals surface area contributed by atoms with E-state index in [1.54, 1.807) is 7.11 Å². The first-order valence-electron chi connectivity index (χ1n) is 3.69. The Kier molecular flexibility index (Phi) is 1.88. The molecule has 68 valence electrons. The fraction of sp³-hybridized carbons (Fsp3) is 0.125. The number of nitrogen functional groups attached to an aromatic ring is 1. The van der Waals surface area contributed by atoms with Gasteiger partial charge in [-0.2, -0.15) is 5.10 Å². The summed E-state index contributed by atoms with van der Waals surface area (Å²) in [6, 6.07) is 3.73. The third kappa shape index (κ3) is 1.25. The summed E-state index contributed by atoms with van der Waals surface area (Å²) >= 11 is 3.37. The van der Waals surface area contributed by atoms with Crippen molar-refractivity contribution in [2.45, 2.75) is 0 Å². The minimum atomic E-state index is 0.498. The Labute approximate surface area is 83.2 Å². The van der Waals surface area contributed by atoms with E-state index in [0.717, 1.165) is 21.1 Å². The second kappa shape index (κ2) is 2.92. The third-order valence-corrected chi connectivity index (χ3v) is 2.48. The molecule has 2 aromatic rings. The zero-order chi connectivity index (χ0) is 9.42. The quantitative estimate of drug-likeness (QED) is 0.802. The Morgan fingerprint density at radius 3 is 3.00 bits per heavy atom. The Bertz CT molecular complexity index is 452. The molecule has 0 radical (unpaired) electrons. The van der Waals surface area contributed by atoms with Crippen molar-refractivity contribution in [3.05, 3.63) is 16.6 Å². The highest BCUT2D eigenvalue weighted by molar-refractivity contribution is 9.10. The number of hydrogen-bond donors (Lipinski definition) is 2. The lowest BCUT2D eigenvalue weighted by molar-refractivity contribution is 0.412. The maximum Gasteiger partial charge on any atom is 0.153 e. The molecular weight excluding hydrogens is 234 g/mol. The van der Waals surface area contributed by atoms with E-state index in [-0.39, 0.29) is 0 Å². The number of nitrogens with one attached hydrogen (secondary N) is 1. The number of nitrogens with zero attached hydrogens (tertiary/aromatic N) is 1. The van der Waals surface area contributed by atoms with Crippen LogP contribution in [0.5, 0.6) is 5.75 Å². The van der Waals surface area contributed by atoms with Crippen LogP contribution in [0, 0.1) is 0 Å². The summed E-state index contributed by atoms with van der Waals surface area (Å²) in [7, 11) is 1.62. The summed E-state index contributed by atoms with van der Waals surface area (Å²) in [5.74, 6) is 1.26. The smallest absolute Gasteiger partial charge is 0.153 e. The van der Waals surface area contributed by atoms with E-state index in [2.05, 4.69) is 26.1 Å². The predicted molar refractivity (Wildman–Crippen MR) is 54.8 cm³/mol. The zero-order valence-electron chi connectivity index (χ0n) is 6.97. The average Bonchev–Trinajstić information content (AvgIpc) is 2.47. The monoisotopic (exact) mass is 241 g/mol. The molecule has 0 amide bonds. The molecule has 13 heavy (non-hydrogen) atoms. The summed E-state index contributed by atoms with van der Waals surface area (Å²) in [5.41, 5.74) is 6.51. The standard InChI is InChI=1S/C8H8BrN3O/c1-13-7-3-6-4(2-5(7)9)8(10)12-11-6/h2-3H,1H3,(H3,10,11,12). The van der Waals surface area contributed by atoms with Crippen LogP contribution in [0.2, 0.25) is 0 Å². The van der Waals surface area contributed by atoms with Crippen LogP contribution in [0.3, 0.4) is 0 Å². The molecule has 0 saturated carbocycles. The Hall–Kier alpha value is -1.23. The Morgan fingerprint density at radius 2 is 2.31 bits per heavy atom. The van der Waals surface area contributed by atoms with Crippen molar-refractivity contribution in [3.8, 4) is 5.75 Å². The van der Waals surface area contributed by atoms with Crippen molar-refractivity contribution >= 4 is 32.7 Å². The van der Waals surface area contributed by atoms with Gasteiger partial charge in [0.15, 0.2) is 5.82 Å². The lowest BCUT2D eigenvalue weighted by Crippen LogP contribution is -1.85. The summed E-state index contributed by atoms with van der Waals surface area (Å²) in [6.45, 7) is 0. The van der Waals surface area contributed by atoms with Crippen LogP contribution in [0.1, 0.15) is 0 Å². The second-order valence-corrected chi connectivity index (χ2v) is 3.50. The molecule has 0 fully saturated rings. The summed E-state index contributed by atoms with van der Waals surface area (Å²) in [6.07, 6.45) is 0. The van der Waals surface area contributed by atoms with Gasteiger partial charge in [0, 0.05) is 11.5 Å². The van der Waals surface area contributed by atoms with Crippen LogP contribution >= 0.6 is 15.9 Å². The van der Waals surface area contributed by atoms with Crippen LogP contribution in [0.25, 0.3) is 10.9 Å². The number of ether oxygens (including phenoxy) is 1. The SMILES string of the molecule is COc1cc2[nH]nc(N)c2cc1Br. The number of aromatic amines is 1. The molecule has 1 heterocycles. The van der Waals surface area contributed by atoms with Gasteiger partial charge in [0.2, 0.25) is 0 Å². The molecule has 0 unspecified atom stereocenters. The van der Waals surface area contributed by atoms with Crippen LogP contribution in [0.15, 0.2) is 16.6 Å². The molecule has 0 spiro atoms. The fourth-order valence-corrected chi connectivity index (χ4v) is 1.70. The number of nitrogens with two attached hydrogens (primary N) is 1. The summed E-state index contributed by atoms with van der Waals surface area (Å²) in [4.78, 5) is 0. The molecule has 5 heteroatoms. The molecule has 4 nitrogen and oxygen atoms in total. The molecule has 3 N–H and O–H groups in total. The number of hydrogen-bond acceptors (Lipinski definition) is 3. The van der Waals surface area contributed by atoms with Crippen molar-refractivity contribution < 1.29 is 4.74 Å². The second-order valence-electron chi connectivity index (χ2n) is 2.64. The van der Waals surface area contributed by atoms with E-state index in [4.69, 9.17) is 10.5 Å². The number of aromatic nitrogens is 2. The Morgan fingerprint density at radius 1 is 1.54 bits per heavy atom. The Balaban J connectivity index is 2.76. The van der Waals surface area contributed by atoms with Gasteiger partial charge < -0.3 is 10.5 Å². The lowest BCUT2D eigenvalue weighted by atomic mass is 10.2. The van der Waals surface area contributed by atoms with Crippen molar-refractivity contribution in [1.82, 2.24) is 10.2 Å². The highest BCUT2D eigenvalue weighted by atomic mass is 79.9. The molecule has 0 aliphatic carbocycles. The van der Waals surface area contributed by atoms with E-state index in [9.17, 15) is 0 Å². The van der Waals surface area contributed by atoms with Gasteiger partial charge >= 0.3 is 0 Å². The van der Waals surface area contributed by atoms with Crippen LogP contribution in [-0.4, -0.2) is 17.3 Å². The van der Waals surface area contributed by atoms with Gasteiger partial charge in [-0.25, -0.2) is 0 Å². The summed E-state index contributed by atoms with van der Waals surface area (Å²) in [5, 5.41) is 7.60. The van der Waals surface area contributed by atoms with E-state index in [1.807, 2.05) is 12.1 Å². The van der Waals surface area contributed by atoms with Gasteiger partial charge in [0.05, 0.1) is 17.1 Å². The number of benzene rings is 1. The first-order chi connectivity index (χ1) is 6.22. The van der Waals surface area contributed by atoms with Gasteiger partial charge in [0.1, 0.15) is 5.75 Å². The molecule has 1 aromatic carbocycles. The summed E-state index contributed by atoms with van der Waals surface area (Å²) < 4.78 is 6.00. The highest BCUT2D eigenvalue weighted by Gasteiger charge is 2.06. The van der Waals surface area contributed by atoms with Gasteiger partial charge in [-0.1, -0.05) is 0 Å². The number of anilines is 1. The zero-order valence-corrected chi connectivity index (χ0v) is 8.55. The molecule has 0 bridgehead atoms. The molecular formula is C8H8BrN3O. The molecule has 1 aromatic heterocycles. The fourth-order valence-electron chi connectivity index (χ4n) is 1.19. The van der Waals surface area contributed by atoms with E-state index in [0.29, 0.717) is 5.82 Å². The van der Waals surface area contributed by atoms with E-state index >= 15 is 0 Å². The van der Waals surface area contributed by atoms with Crippen LogP contribution in [-0.2, 0) is 0 Å². The molecule has 0 saturated heterocycles. The van der Waals surface area contributed by atoms with E-state index < -0.39 is 0 Å². The number of H-pyrrole nitrogens is 1. The molecule has 0 atom stereocenters. The van der Waals surface area contributed by atoms with Crippen molar-refractivity contribution in [2.75, 3.05) is 12.8 Å².